The molecule has 0 spiro atoms. The predicted octanol–water partition coefficient (Wildman–Crippen LogP) is 2.33. The van der Waals surface area contributed by atoms with Crippen LogP contribution in [0.15, 0.2) is 36.7 Å². The summed E-state index contributed by atoms with van der Waals surface area (Å²) in [7, 11) is 0. The average Bonchev–Trinajstić information content (AvgIpc) is 2.40. The van der Waals surface area contributed by atoms with Crippen molar-refractivity contribution >= 4 is 17.5 Å². The van der Waals surface area contributed by atoms with Crippen molar-refractivity contribution in [1.29, 1.82) is 0 Å². The van der Waals surface area contributed by atoms with Gasteiger partial charge in [0, 0.05) is 17.9 Å². The summed E-state index contributed by atoms with van der Waals surface area (Å²) in [6.07, 6.45) is 3.11. The van der Waals surface area contributed by atoms with Gasteiger partial charge in [0.05, 0.1) is 5.56 Å². The predicted molar refractivity (Wildman–Crippen MR) is 77.6 cm³/mol. The van der Waals surface area contributed by atoms with Crippen molar-refractivity contribution in [3.05, 3.63) is 42.2 Å². The van der Waals surface area contributed by atoms with Crippen LogP contribution in [-0.4, -0.2) is 26.6 Å². The minimum atomic E-state index is -0.260. The molecule has 0 atom stereocenters. The lowest BCUT2D eigenvalue weighted by Crippen LogP contribution is -2.26. The normalized spacial score (nSPS) is 10.9. The van der Waals surface area contributed by atoms with Gasteiger partial charge in [-0.25, -0.2) is 0 Å². The molecule has 0 unspecified atom stereocenters. The van der Waals surface area contributed by atoms with Crippen LogP contribution in [0, 0.1) is 0 Å². The first-order chi connectivity index (χ1) is 9.44. The molecule has 0 aromatic carbocycles. The van der Waals surface area contributed by atoms with Crippen molar-refractivity contribution in [2.45, 2.75) is 26.3 Å². The molecule has 2 heterocycles. The van der Waals surface area contributed by atoms with Gasteiger partial charge in [-0.3, -0.25) is 9.78 Å². The summed E-state index contributed by atoms with van der Waals surface area (Å²) in [6.45, 7) is 6.10. The van der Waals surface area contributed by atoms with Crippen molar-refractivity contribution in [2.24, 2.45) is 0 Å². The van der Waals surface area contributed by atoms with E-state index in [1.807, 2.05) is 20.8 Å². The second-order valence-corrected chi connectivity index (χ2v) is 5.37. The number of rotatable bonds is 3. The lowest BCUT2D eigenvalue weighted by Gasteiger charge is -2.20. The molecule has 6 nitrogen and oxygen atoms in total. The van der Waals surface area contributed by atoms with E-state index in [-0.39, 0.29) is 11.4 Å². The van der Waals surface area contributed by atoms with Gasteiger partial charge >= 0.3 is 0 Å². The van der Waals surface area contributed by atoms with Crippen LogP contribution in [0.5, 0.6) is 0 Å². The molecule has 0 aliphatic rings. The molecule has 2 N–H and O–H groups in total. The molecular weight excluding hydrogens is 254 g/mol. The van der Waals surface area contributed by atoms with Crippen molar-refractivity contribution in [3.63, 3.8) is 0 Å². The number of carbonyl (C=O) groups is 1. The van der Waals surface area contributed by atoms with E-state index in [1.54, 1.807) is 30.5 Å². The lowest BCUT2D eigenvalue weighted by atomic mass is 10.1. The van der Waals surface area contributed by atoms with Gasteiger partial charge in [-0.15, -0.1) is 10.2 Å². The fourth-order valence-electron chi connectivity index (χ4n) is 1.54. The summed E-state index contributed by atoms with van der Waals surface area (Å²) in [5.74, 6) is 0.805. The quantitative estimate of drug-likeness (QED) is 0.895. The van der Waals surface area contributed by atoms with Gasteiger partial charge < -0.3 is 10.6 Å². The summed E-state index contributed by atoms with van der Waals surface area (Å²) in [5.41, 5.74) is 0.390. The van der Waals surface area contributed by atoms with Crippen molar-refractivity contribution in [3.8, 4) is 0 Å². The maximum atomic E-state index is 11.9. The van der Waals surface area contributed by atoms with E-state index in [2.05, 4.69) is 25.8 Å². The topological polar surface area (TPSA) is 79.8 Å². The third-order valence-corrected chi connectivity index (χ3v) is 2.33. The molecule has 2 aromatic rings. The fraction of sp³-hybridized carbons (Fsp3) is 0.286. The summed E-state index contributed by atoms with van der Waals surface area (Å²) in [5, 5.41) is 13.8. The summed E-state index contributed by atoms with van der Waals surface area (Å²) in [4.78, 5) is 15.8. The number of aromatic nitrogens is 3. The largest absolute Gasteiger partial charge is 0.364 e. The molecule has 0 bridgehead atoms. The highest BCUT2D eigenvalue weighted by Crippen LogP contribution is 2.12. The molecule has 0 aliphatic carbocycles. The monoisotopic (exact) mass is 271 g/mol. The van der Waals surface area contributed by atoms with Crippen molar-refractivity contribution < 1.29 is 4.79 Å². The molecule has 0 aliphatic heterocycles. The van der Waals surface area contributed by atoms with Gasteiger partial charge in [-0.1, -0.05) is 0 Å². The van der Waals surface area contributed by atoms with Gasteiger partial charge in [0.2, 0.25) is 0 Å². The van der Waals surface area contributed by atoms with E-state index >= 15 is 0 Å². The van der Waals surface area contributed by atoms with Crippen LogP contribution in [0.1, 0.15) is 31.1 Å². The van der Waals surface area contributed by atoms with E-state index in [0.29, 0.717) is 17.2 Å². The smallest absolute Gasteiger partial charge is 0.258 e. The molecule has 6 heteroatoms. The molecule has 0 radical (unpaired) electrons. The van der Waals surface area contributed by atoms with E-state index < -0.39 is 0 Å². The second kappa shape index (κ2) is 5.64. The number of anilines is 2. The minimum Gasteiger partial charge on any atom is -0.364 e. The average molecular weight is 271 g/mol. The zero-order valence-electron chi connectivity index (χ0n) is 11.7. The van der Waals surface area contributed by atoms with Crippen LogP contribution in [0.3, 0.4) is 0 Å². The highest BCUT2D eigenvalue weighted by Gasteiger charge is 2.11. The van der Waals surface area contributed by atoms with Gasteiger partial charge in [0.25, 0.3) is 5.91 Å². The van der Waals surface area contributed by atoms with Crippen LogP contribution in [0.2, 0.25) is 0 Å². The fourth-order valence-corrected chi connectivity index (χ4v) is 1.54. The molecule has 2 rings (SSSR count). The zero-order valence-corrected chi connectivity index (χ0v) is 11.7. The van der Waals surface area contributed by atoms with Crippen molar-refractivity contribution in [1.82, 2.24) is 15.2 Å². The molecule has 1 amide bonds. The van der Waals surface area contributed by atoms with E-state index in [9.17, 15) is 4.79 Å². The molecule has 0 saturated heterocycles. The number of pyridine rings is 1. The number of nitrogens with zero attached hydrogens (tertiary/aromatic N) is 3. The first-order valence-electron chi connectivity index (χ1n) is 6.27. The van der Waals surface area contributed by atoms with Crippen LogP contribution in [0.4, 0.5) is 11.6 Å². The Hall–Kier alpha value is -2.50. The lowest BCUT2D eigenvalue weighted by molar-refractivity contribution is 0.102. The van der Waals surface area contributed by atoms with Crippen molar-refractivity contribution in [2.75, 3.05) is 10.6 Å². The summed E-state index contributed by atoms with van der Waals surface area (Å²) >= 11 is 0. The SMILES string of the molecule is CC(C)(C)Nc1ccc(NC(=O)c2cccnc2)nn1. The van der Waals surface area contributed by atoms with Crippen LogP contribution in [0.25, 0.3) is 0 Å². The Morgan fingerprint density at radius 3 is 2.35 bits per heavy atom. The van der Waals surface area contributed by atoms with Crippen LogP contribution >= 0.6 is 0 Å². The maximum Gasteiger partial charge on any atom is 0.258 e. The Morgan fingerprint density at radius 1 is 1.10 bits per heavy atom. The highest BCUT2D eigenvalue weighted by atomic mass is 16.1. The first-order valence-corrected chi connectivity index (χ1v) is 6.27. The van der Waals surface area contributed by atoms with E-state index in [0.717, 1.165) is 0 Å². The highest BCUT2D eigenvalue weighted by molar-refractivity contribution is 6.03. The molecule has 20 heavy (non-hydrogen) atoms. The zero-order chi connectivity index (χ0) is 14.6. The number of carbonyl (C=O) groups excluding carboxylic acids is 1. The van der Waals surface area contributed by atoms with Gasteiger partial charge in [0.1, 0.15) is 5.82 Å². The molecule has 0 saturated carbocycles. The Morgan fingerprint density at radius 2 is 1.80 bits per heavy atom. The van der Waals surface area contributed by atoms with Gasteiger partial charge in [-0.05, 0) is 45.0 Å². The summed E-state index contributed by atoms with van der Waals surface area (Å²) < 4.78 is 0. The van der Waals surface area contributed by atoms with Crippen LogP contribution in [-0.2, 0) is 0 Å². The molecule has 104 valence electrons. The van der Waals surface area contributed by atoms with E-state index in [4.69, 9.17) is 0 Å². The second-order valence-electron chi connectivity index (χ2n) is 5.37. The molecule has 0 fully saturated rings. The third kappa shape index (κ3) is 4.01. The van der Waals surface area contributed by atoms with Gasteiger partial charge in [0.15, 0.2) is 5.82 Å². The minimum absolute atomic E-state index is 0.0881. The third-order valence-electron chi connectivity index (χ3n) is 2.33. The van der Waals surface area contributed by atoms with E-state index in [1.165, 1.54) is 6.20 Å². The first kappa shape index (κ1) is 13.9. The number of hydrogen-bond donors (Lipinski definition) is 2. The number of nitrogens with one attached hydrogen (secondary N) is 2. The standard InChI is InChI=1S/C14H17N5O/c1-14(2,3)17-12-7-6-11(18-19-12)16-13(20)10-5-4-8-15-9-10/h4-9H,1-3H3,(H,17,19)(H,16,18,20). The molecule has 2 aromatic heterocycles. The Kier molecular flexibility index (Phi) is 3.93. The molecular formula is C14H17N5O. The Bertz CT molecular complexity index is 575. The number of amides is 1. The summed E-state index contributed by atoms with van der Waals surface area (Å²) in [6, 6.07) is 6.87. The maximum absolute atomic E-state index is 11.9. The number of hydrogen-bond acceptors (Lipinski definition) is 5. The van der Waals surface area contributed by atoms with Crippen LogP contribution < -0.4 is 10.6 Å². The Labute approximate surface area is 117 Å². The Balaban J connectivity index is 2.02. The van der Waals surface area contributed by atoms with Gasteiger partial charge in [-0.2, -0.15) is 0 Å².